The number of carbonyl (C=O) groups is 2. The van der Waals surface area contributed by atoms with Gasteiger partial charge in [-0.1, -0.05) is 0 Å². The zero-order chi connectivity index (χ0) is 20.8. The summed E-state index contributed by atoms with van der Waals surface area (Å²) >= 11 is 0. The second kappa shape index (κ2) is 6.53. The smallest absolute Gasteiger partial charge is 0.455 e. The Morgan fingerprint density at radius 2 is 1.70 bits per heavy atom. The summed E-state index contributed by atoms with van der Waals surface area (Å²) in [5, 5.41) is 3.24. The first-order valence-corrected chi connectivity index (χ1v) is 7.33. The van der Waals surface area contributed by atoms with Crippen molar-refractivity contribution in [3.05, 3.63) is 22.6 Å². The number of hydrogen-bond acceptors (Lipinski definition) is 4. The molecule has 0 atom stereocenters. The summed E-state index contributed by atoms with van der Waals surface area (Å²) in [4.78, 5) is 22.5. The van der Waals surface area contributed by atoms with Gasteiger partial charge in [-0.25, -0.2) is 5.43 Å². The third kappa shape index (κ3) is 3.37. The second-order valence-electron chi connectivity index (χ2n) is 5.72. The lowest BCUT2D eigenvalue weighted by Gasteiger charge is -2.26. The van der Waals surface area contributed by atoms with E-state index in [2.05, 4.69) is 5.10 Å². The number of alkyl halides is 7. The Morgan fingerprint density at radius 3 is 2.22 bits per heavy atom. The molecule has 13 heteroatoms. The number of hydrazone groups is 1. The van der Waals surface area contributed by atoms with Gasteiger partial charge in [-0.05, 0) is 19.8 Å². The van der Waals surface area contributed by atoms with E-state index >= 15 is 0 Å². The van der Waals surface area contributed by atoms with Crippen molar-refractivity contribution in [2.45, 2.75) is 44.2 Å². The molecule has 2 rings (SSSR count). The van der Waals surface area contributed by atoms with Gasteiger partial charge in [0.1, 0.15) is 5.76 Å². The number of aryl methyl sites for hydroxylation is 1. The van der Waals surface area contributed by atoms with Crippen molar-refractivity contribution >= 4 is 17.5 Å². The molecular weight excluding hydrogens is 391 g/mol. The van der Waals surface area contributed by atoms with Crippen LogP contribution in [0, 0.1) is 6.92 Å². The van der Waals surface area contributed by atoms with E-state index in [1.165, 1.54) is 6.92 Å². The fourth-order valence-corrected chi connectivity index (χ4v) is 2.52. The van der Waals surface area contributed by atoms with Gasteiger partial charge >= 0.3 is 23.9 Å². The van der Waals surface area contributed by atoms with Gasteiger partial charge in [-0.15, -0.1) is 0 Å². The molecule has 0 unspecified atom stereocenters. The Labute approximate surface area is 146 Å². The Balaban J connectivity index is 2.33. The van der Waals surface area contributed by atoms with Crippen LogP contribution in [0.3, 0.4) is 0 Å². The summed E-state index contributed by atoms with van der Waals surface area (Å²) in [7, 11) is 0. The van der Waals surface area contributed by atoms with Crippen molar-refractivity contribution in [1.29, 1.82) is 0 Å². The van der Waals surface area contributed by atoms with Crippen LogP contribution in [0.15, 0.2) is 9.52 Å². The summed E-state index contributed by atoms with van der Waals surface area (Å²) in [6.45, 7) is 1.39. The molecule has 2 amide bonds. The van der Waals surface area contributed by atoms with Crippen molar-refractivity contribution in [3.8, 4) is 0 Å². The van der Waals surface area contributed by atoms with Gasteiger partial charge in [-0.2, -0.15) is 35.8 Å². The number of carbonyl (C=O) groups excluding carboxylic acids is 2. The summed E-state index contributed by atoms with van der Waals surface area (Å²) in [5.41, 5.74) is 6.36. The van der Waals surface area contributed by atoms with Crippen LogP contribution in [-0.4, -0.2) is 35.5 Å². The number of furan rings is 1. The molecule has 0 saturated carbocycles. The van der Waals surface area contributed by atoms with Crippen molar-refractivity contribution in [2.75, 3.05) is 0 Å². The third-order valence-electron chi connectivity index (χ3n) is 3.88. The van der Waals surface area contributed by atoms with Gasteiger partial charge < -0.3 is 10.2 Å². The largest absolute Gasteiger partial charge is 0.460 e. The fraction of sp³-hybridized carbons (Fsp3) is 0.500. The number of halogens is 7. The monoisotopic (exact) mass is 403 g/mol. The standard InChI is InChI=1S/C14H12F7N3O3/c1-5-8-6(3-2-4-7(8)27-9(5)10(22)25)23-24-11(26)12(15,16)13(17,18)14(19,20)21/h2-4H2,1H3,(H2,22,25)(H,24,26)/b23-6+. The van der Waals surface area contributed by atoms with E-state index in [-0.39, 0.29) is 34.8 Å². The first kappa shape index (κ1) is 20.7. The summed E-state index contributed by atoms with van der Waals surface area (Å²) in [5.74, 6) is -16.6. The summed E-state index contributed by atoms with van der Waals surface area (Å²) in [6, 6.07) is 0. The molecule has 0 saturated heterocycles. The lowest BCUT2D eigenvalue weighted by molar-refractivity contribution is -0.344. The van der Waals surface area contributed by atoms with Crippen LogP contribution in [-0.2, 0) is 11.2 Å². The van der Waals surface area contributed by atoms with E-state index in [4.69, 9.17) is 10.2 Å². The number of nitrogens with two attached hydrogens (primary N) is 1. The number of nitrogens with one attached hydrogen (secondary N) is 1. The molecule has 0 fully saturated rings. The van der Waals surface area contributed by atoms with Gasteiger partial charge in [0, 0.05) is 17.5 Å². The van der Waals surface area contributed by atoms with E-state index in [1.807, 2.05) is 0 Å². The lowest BCUT2D eigenvalue weighted by atomic mass is 9.93. The van der Waals surface area contributed by atoms with Gasteiger partial charge in [0.2, 0.25) is 0 Å². The number of fused-ring (bicyclic) bond motifs is 1. The van der Waals surface area contributed by atoms with Crippen molar-refractivity contribution in [2.24, 2.45) is 10.8 Å². The molecule has 150 valence electrons. The first-order valence-electron chi connectivity index (χ1n) is 7.33. The van der Waals surface area contributed by atoms with Gasteiger partial charge in [-0.3, -0.25) is 9.59 Å². The molecule has 0 spiro atoms. The Hall–Kier alpha value is -2.60. The fourth-order valence-electron chi connectivity index (χ4n) is 2.52. The maximum absolute atomic E-state index is 13.3. The van der Waals surface area contributed by atoms with E-state index in [9.17, 15) is 40.3 Å². The number of nitrogens with zero attached hydrogens (tertiary/aromatic N) is 1. The highest BCUT2D eigenvalue weighted by atomic mass is 19.4. The van der Waals surface area contributed by atoms with Crippen LogP contribution in [0.5, 0.6) is 0 Å². The zero-order valence-electron chi connectivity index (χ0n) is 13.5. The molecule has 1 aliphatic carbocycles. The van der Waals surface area contributed by atoms with Crippen LogP contribution >= 0.6 is 0 Å². The molecular formula is C14H12F7N3O3. The van der Waals surface area contributed by atoms with Crippen molar-refractivity contribution in [3.63, 3.8) is 0 Å². The zero-order valence-corrected chi connectivity index (χ0v) is 13.5. The van der Waals surface area contributed by atoms with E-state index < -0.39 is 29.8 Å². The van der Waals surface area contributed by atoms with Gasteiger partial charge in [0.05, 0.1) is 5.71 Å². The highest BCUT2D eigenvalue weighted by Crippen LogP contribution is 2.46. The summed E-state index contributed by atoms with van der Waals surface area (Å²) < 4.78 is 93.9. The predicted molar refractivity (Wildman–Crippen MR) is 75.5 cm³/mol. The van der Waals surface area contributed by atoms with Crippen molar-refractivity contribution in [1.82, 2.24) is 5.43 Å². The van der Waals surface area contributed by atoms with Crippen molar-refractivity contribution < 1.29 is 44.7 Å². The number of hydrogen-bond donors (Lipinski definition) is 2. The minimum absolute atomic E-state index is 0.0626. The maximum Gasteiger partial charge on any atom is 0.460 e. The Morgan fingerprint density at radius 1 is 1.11 bits per heavy atom. The van der Waals surface area contributed by atoms with E-state index in [1.54, 1.807) is 0 Å². The normalized spacial score (nSPS) is 17.0. The minimum atomic E-state index is -6.64. The molecule has 27 heavy (non-hydrogen) atoms. The number of rotatable bonds is 4. The van der Waals surface area contributed by atoms with Crippen LogP contribution in [0.2, 0.25) is 0 Å². The van der Waals surface area contributed by atoms with E-state index in [0.717, 1.165) is 5.43 Å². The molecule has 1 heterocycles. The molecule has 1 aromatic rings. The van der Waals surface area contributed by atoms with E-state index in [0.29, 0.717) is 12.8 Å². The third-order valence-corrected chi connectivity index (χ3v) is 3.88. The number of amides is 2. The SMILES string of the molecule is Cc1c(C(N)=O)oc2c1/C(=N/NC(=O)C(F)(F)C(F)(F)C(F)(F)F)CCC2. The van der Waals surface area contributed by atoms with Crippen LogP contribution in [0.25, 0.3) is 0 Å². The van der Waals surface area contributed by atoms with Gasteiger partial charge in [0.25, 0.3) is 5.91 Å². The Kier molecular flexibility index (Phi) is 5.01. The molecule has 6 nitrogen and oxygen atoms in total. The summed E-state index contributed by atoms with van der Waals surface area (Å²) in [6.07, 6.45) is -5.93. The molecule has 0 bridgehead atoms. The minimum Gasteiger partial charge on any atom is -0.455 e. The molecule has 0 aliphatic heterocycles. The average molecular weight is 403 g/mol. The van der Waals surface area contributed by atoms with Crippen LogP contribution in [0.4, 0.5) is 30.7 Å². The average Bonchev–Trinajstić information content (AvgIpc) is 2.89. The van der Waals surface area contributed by atoms with Crippen LogP contribution < -0.4 is 11.2 Å². The maximum atomic E-state index is 13.3. The quantitative estimate of drug-likeness (QED) is 0.598. The van der Waals surface area contributed by atoms with Crippen LogP contribution in [0.1, 0.15) is 40.3 Å². The highest BCUT2D eigenvalue weighted by Gasteiger charge is 2.76. The molecule has 0 radical (unpaired) electrons. The topological polar surface area (TPSA) is 97.7 Å². The molecule has 3 N–H and O–H groups in total. The van der Waals surface area contributed by atoms with Gasteiger partial charge in [0.15, 0.2) is 5.76 Å². The number of primary amides is 1. The predicted octanol–water partition coefficient (Wildman–Crippen LogP) is 2.68. The molecule has 1 aromatic heterocycles. The first-order chi connectivity index (χ1) is 12.2. The highest BCUT2D eigenvalue weighted by molar-refractivity contribution is 6.06. The lowest BCUT2D eigenvalue weighted by Crippen LogP contribution is -2.58. The second-order valence-corrected chi connectivity index (χ2v) is 5.72. The Bertz CT molecular complexity index is 812. The molecule has 1 aliphatic rings. The molecule has 0 aromatic carbocycles.